The van der Waals surface area contributed by atoms with Gasteiger partial charge in [-0.2, -0.15) is 0 Å². The summed E-state index contributed by atoms with van der Waals surface area (Å²) in [6.45, 7) is 2.14. The third-order valence-electron chi connectivity index (χ3n) is 3.59. The Morgan fingerprint density at radius 2 is 2.10 bits per heavy atom. The Morgan fingerprint density at radius 3 is 2.95 bits per heavy atom. The lowest BCUT2D eigenvalue weighted by molar-refractivity contribution is 0.717. The van der Waals surface area contributed by atoms with Crippen molar-refractivity contribution >= 4 is 22.4 Å². The molecule has 0 aliphatic rings. The molecule has 0 fully saturated rings. The number of pyridine rings is 1. The van der Waals surface area contributed by atoms with Crippen LogP contribution in [0.3, 0.4) is 0 Å². The van der Waals surface area contributed by atoms with Crippen molar-refractivity contribution in [2.24, 2.45) is 5.73 Å². The molecule has 1 atom stereocenters. The number of rotatable bonds is 5. The van der Waals surface area contributed by atoms with Crippen LogP contribution in [0.25, 0.3) is 10.9 Å². The molecule has 3 aromatic rings. The van der Waals surface area contributed by atoms with Crippen molar-refractivity contribution in [1.29, 1.82) is 0 Å². The predicted molar refractivity (Wildman–Crippen MR) is 86.3 cm³/mol. The highest BCUT2D eigenvalue weighted by molar-refractivity contribution is 7.05. The molecule has 108 valence electrons. The summed E-state index contributed by atoms with van der Waals surface area (Å²) in [5, 5.41) is 5.38. The van der Waals surface area contributed by atoms with E-state index in [0.717, 1.165) is 35.4 Å². The van der Waals surface area contributed by atoms with Gasteiger partial charge in [-0.05, 0) is 42.1 Å². The summed E-state index contributed by atoms with van der Waals surface area (Å²) in [5.41, 5.74) is 9.69. The molecular weight excluding hydrogens is 280 g/mol. The Kier molecular flexibility index (Phi) is 4.22. The van der Waals surface area contributed by atoms with E-state index in [-0.39, 0.29) is 6.04 Å². The fourth-order valence-corrected chi connectivity index (χ4v) is 3.26. The van der Waals surface area contributed by atoms with Gasteiger partial charge in [0.1, 0.15) is 0 Å². The maximum Gasteiger partial charge on any atom is 0.0803 e. The van der Waals surface area contributed by atoms with Crippen LogP contribution in [0.1, 0.15) is 35.5 Å². The van der Waals surface area contributed by atoms with Gasteiger partial charge in [0.25, 0.3) is 0 Å². The van der Waals surface area contributed by atoms with Gasteiger partial charge in [0.2, 0.25) is 0 Å². The van der Waals surface area contributed by atoms with Gasteiger partial charge in [-0.15, -0.1) is 5.10 Å². The maximum atomic E-state index is 6.40. The number of fused-ring (bicyclic) bond motifs is 1. The highest BCUT2D eigenvalue weighted by Crippen LogP contribution is 2.26. The van der Waals surface area contributed by atoms with E-state index in [2.05, 4.69) is 33.6 Å². The van der Waals surface area contributed by atoms with E-state index < -0.39 is 0 Å². The van der Waals surface area contributed by atoms with Crippen LogP contribution in [0, 0.1) is 0 Å². The van der Waals surface area contributed by atoms with Crippen LogP contribution >= 0.6 is 11.5 Å². The first-order valence-electron chi connectivity index (χ1n) is 7.19. The molecule has 3 rings (SSSR count). The number of para-hydroxylation sites is 1. The Hall–Kier alpha value is -1.85. The molecule has 1 aromatic carbocycles. The van der Waals surface area contributed by atoms with Gasteiger partial charge in [0, 0.05) is 17.6 Å². The number of aryl methyl sites for hydroxylation is 1. The summed E-state index contributed by atoms with van der Waals surface area (Å²) in [5.74, 6) is 0. The Morgan fingerprint density at radius 1 is 1.24 bits per heavy atom. The van der Waals surface area contributed by atoms with Gasteiger partial charge in [-0.3, -0.25) is 4.98 Å². The van der Waals surface area contributed by atoms with Gasteiger partial charge in [-0.1, -0.05) is 36.0 Å². The van der Waals surface area contributed by atoms with E-state index in [0.29, 0.717) is 0 Å². The second-order valence-corrected chi connectivity index (χ2v) is 5.92. The largest absolute Gasteiger partial charge is 0.323 e. The monoisotopic (exact) mass is 298 g/mol. The van der Waals surface area contributed by atoms with Crippen molar-refractivity contribution in [3.63, 3.8) is 0 Å². The molecule has 0 spiro atoms. The third kappa shape index (κ3) is 2.94. The van der Waals surface area contributed by atoms with E-state index in [4.69, 9.17) is 5.73 Å². The Bertz CT molecular complexity index is 732. The quantitative estimate of drug-likeness (QED) is 0.785. The van der Waals surface area contributed by atoms with Crippen LogP contribution in [0.15, 0.2) is 36.5 Å². The molecule has 1 unspecified atom stereocenters. The molecule has 0 aliphatic carbocycles. The van der Waals surface area contributed by atoms with E-state index in [1.807, 2.05) is 24.4 Å². The minimum atomic E-state index is -0.0580. The zero-order valence-corrected chi connectivity index (χ0v) is 12.8. The first-order valence-corrected chi connectivity index (χ1v) is 7.96. The molecule has 2 N–H and O–H groups in total. The van der Waals surface area contributed by atoms with Gasteiger partial charge in [0.05, 0.1) is 16.1 Å². The second-order valence-electron chi connectivity index (χ2n) is 5.13. The van der Waals surface area contributed by atoms with Crippen LogP contribution in [0.5, 0.6) is 0 Å². The lowest BCUT2D eigenvalue weighted by Gasteiger charge is -2.12. The summed E-state index contributed by atoms with van der Waals surface area (Å²) in [6.07, 6.45) is 4.63. The first kappa shape index (κ1) is 14.1. The molecule has 5 heteroatoms. The number of nitrogens with zero attached hydrogens (tertiary/aromatic N) is 3. The van der Waals surface area contributed by atoms with Crippen LogP contribution in [-0.2, 0) is 12.8 Å². The molecule has 0 saturated heterocycles. The Labute approximate surface area is 128 Å². The van der Waals surface area contributed by atoms with Crippen LogP contribution in [0.2, 0.25) is 0 Å². The molecule has 2 heterocycles. The van der Waals surface area contributed by atoms with Gasteiger partial charge in [-0.25, -0.2) is 0 Å². The van der Waals surface area contributed by atoms with Crippen molar-refractivity contribution < 1.29 is 0 Å². The summed E-state index contributed by atoms with van der Waals surface area (Å²) in [6, 6.07) is 10.2. The molecular formula is C16H18N4S. The topological polar surface area (TPSA) is 64.7 Å². The highest BCUT2D eigenvalue weighted by Gasteiger charge is 2.16. The summed E-state index contributed by atoms with van der Waals surface area (Å²) in [4.78, 5) is 5.51. The average Bonchev–Trinajstić information content (AvgIpc) is 2.96. The van der Waals surface area contributed by atoms with Gasteiger partial charge >= 0.3 is 0 Å². The third-order valence-corrected chi connectivity index (χ3v) is 4.49. The predicted octanol–water partition coefficient (Wildman–Crippen LogP) is 3.28. The fourth-order valence-electron chi connectivity index (χ4n) is 2.57. The van der Waals surface area contributed by atoms with Crippen LogP contribution in [0.4, 0.5) is 0 Å². The molecule has 4 nitrogen and oxygen atoms in total. The smallest absolute Gasteiger partial charge is 0.0803 e. The zero-order valence-electron chi connectivity index (χ0n) is 12.0. The number of hydrogen-bond acceptors (Lipinski definition) is 5. The highest BCUT2D eigenvalue weighted by atomic mass is 32.1. The van der Waals surface area contributed by atoms with Crippen molar-refractivity contribution in [2.75, 3.05) is 0 Å². The van der Waals surface area contributed by atoms with E-state index in [9.17, 15) is 0 Å². The average molecular weight is 298 g/mol. The minimum Gasteiger partial charge on any atom is -0.323 e. The Balaban J connectivity index is 1.89. The number of hydrogen-bond donors (Lipinski definition) is 1. The molecule has 0 amide bonds. The molecule has 21 heavy (non-hydrogen) atoms. The zero-order chi connectivity index (χ0) is 14.7. The number of benzene rings is 1. The van der Waals surface area contributed by atoms with E-state index in [1.54, 1.807) is 0 Å². The van der Waals surface area contributed by atoms with Gasteiger partial charge in [0.15, 0.2) is 0 Å². The summed E-state index contributed by atoms with van der Waals surface area (Å²) < 4.78 is 4.07. The maximum absolute atomic E-state index is 6.40. The number of nitrogens with two attached hydrogens (primary N) is 1. The van der Waals surface area contributed by atoms with E-state index in [1.165, 1.54) is 22.5 Å². The number of aromatic nitrogens is 3. The summed E-state index contributed by atoms with van der Waals surface area (Å²) in [7, 11) is 0. The SMILES string of the molecule is CCCc1nnsc1C(N)Cc1ccnc2ccccc12. The standard InChI is InChI=1S/C16H18N4S/c1-2-5-15-16(21-20-19-15)13(17)10-11-8-9-18-14-7-4-3-6-12(11)14/h3-4,6-9,13H,2,5,10,17H2,1H3. The lowest BCUT2D eigenvalue weighted by atomic mass is 10.00. The molecule has 0 saturated carbocycles. The molecule has 0 radical (unpaired) electrons. The van der Waals surface area contributed by atoms with E-state index >= 15 is 0 Å². The summed E-state index contributed by atoms with van der Waals surface area (Å²) >= 11 is 1.42. The van der Waals surface area contributed by atoms with Crippen molar-refractivity contribution in [3.8, 4) is 0 Å². The minimum absolute atomic E-state index is 0.0580. The lowest BCUT2D eigenvalue weighted by Crippen LogP contribution is -2.14. The van der Waals surface area contributed by atoms with Crippen molar-refractivity contribution in [1.82, 2.24) is 14.6 Å². The van der Waals surface area contributed by atoms with Gasteiger partial charge < -0.3 is 5.73 Å². The van der Waals surface area contributed by atoms with Crippen LogP contribution in [-0.4, -0.2) is 14.6 Å². The fraction of sp³-hybridized carbons (Fsp3) is 0.312. The van der Waals surface area contributed by atoms with Crippen molar-refractivity contribution in [2.45, 2.75) is 32.2 Å². The van der Waals surface area contributed by atoms with Crippen molar-refractivity contribution in [3.05, 3.63) is 52.7 Å². The van der Waals surface area contributed by atoms with Crippen LogP contribution < -0.4 is 5.73 Å². The molecule has 0 bridgehead atoms. The second kappa shape index (κ2) is 6.28. The molecule has 0 aliphatic heterocycles. The first-order chi connectivity index (χ1) is 10.3. The normalized spacial score (nSPS) is 12.7. The molecule has 2 aromatic heterocycles.